The van der Waals surface area contributed by atoms with Crippen molar-refractivity contribution in [3.05, 3.63) is 41.0 Å². The van der Waals surface area contributed by atoms with Gasteiger partial charge in [0.15, 0.2) is 23.0 Å². The van der Waals surface area contributed by atoms with Gasteiger partial charge in [-0.1, -0.05) is 0 Å². The molecule has 226 valence electrons. The Hall–Kier alpha value is -3.66. The summed E-state index contributed by atoms with van der Waals surface area (Å²) in [5, 5.41) is 18.7. The lowest BCUT2D eigenvalue weighted by Crippen LogP contribution is -2.52. The fraction of sp³-hybridized carbons (Fsp3) is 0.548. The summed E-state index contributed by atoms with van der Waals surface area (Å²) in [6.45, 7) is 1.64. The van der Waals surface area contributed by atoms with Gasteiger partial charge in [-0.2, -0.15) is 0 Å². The Labute approximate surface area is 242 Å². The van der Waals surface area contributed by atoms with Crippen molar-refractivity contribution in [3.8, 4) is 28.7 Å². The standard InChI is InChI=1S/C31H43NO9/c1-32(13-8-10-21(31(35)36)9-7-11-29(33)34)14-12-22-18-25(37-2)26(38-3)19-23(22)24(32)15-20-16-27(39-4)30(41-6)28(17-20)40-5/h16-19,21,24H,7-15H2,1-6H3,(H-,33,34,35,36)/p+1/t21?,24-,32+/m1/s1. The van der Waals surface area contributed by atoms with Crippen molar-refractivity contribution in [2.24, 2.45) is 5.92 Å². The van der Waals surface area contributed by atoms with Gasteiger partial charge in [-0.25, -0.2) is 0 Å². The van der Waals surface area contributed by atoms with Crippen molar-refractivity contribution in [1.82, 2.24) is 0 Å². The molecule has 1 aliphatic heterocycles. The zero-order valence-electron chi connectivity index (χ0n) is 25.0. The average Bonchev–Trinajstić information content (AvgIpc) is 2.96. The third kappa shape index (κ3) is 7.55. The second-order valence-electron chi connectivity index (χ2n) is 10.8. The van der Waals surface area contributed by atoms with Crippen molar-refractivity contribution in [1.29, 1.82) is 0 Å². The first-order valence-corrected chi connectivity index (χ1v) is 13.9. The van der Waals surface area contributed by atoms with Gasteiger partial charge in [-0.15, -0.1) is 0 Å². The number of methoxy groups -OCH3 is 5. The van der Waals surface area contributed by atoms with E-state index in [0.717, 1.165) is 25.1 Å². The second-order valence-corrected chi connectivity index (χ2v) is 10.8. The molecule has 0 aromatic heterocycles. The average molecular weight is 575 g/mol. The van der Waals surface area contributed by atoms with Crippen LogP contribution in [-0.2, 0) is 22.4 Å². The number of quaternary nitrogens is 1. The van der Waals surface area contributed by atoms with Gasteiger partial charge < -0.3 is 38.4 Å². The lowest BCUT2D eigenvalue weighted by atomic mass is 9.85. The minimum Gasteiger partial charge on any atom is -0.493 e. The molecule has 10 nitrogen and oxygen atoms in total. The van der Waals surface area contributed by atoms with Crippen LogP contribution in [0.25, 0.3) is 0 Å². The van der Waals surface area contributed by atoms with E-state index in [9.17, 15) is 14.7 Å². The van der Waals surface area contributed by atoms with Gasteiger partial charge in [-0.05, 0) is 61.1 Å². The van der Waals surface area contributed by atoms with E-state index < -0.39 is 17.9 Å². The maximum atomic E-state index is 11.9. The van der Waals surface area contributed by atoms with Gasteiger partial charge in [-0.3, -0.25) is 9.59 Å². The zero-order chi connectivity index (χ0) is 30.2. The molecule has 0 spiro atoms. The molecule has 0 saturated heterocycles. The Bertz CT molecular complexity index is 1190. The molecule has 0 bridgehead atoms. The number of carbonyl (C=O) groups is 2. The molecule has 10 heteroatoms. The maximum absolute atomic E-state index is 11.9. The van der Waals surface area contributed by atoms with Crippen LogP contribution in [0.15, 0.2) is 24.3 Å². The first-order valence-electron chi connectivity index (χ1n) is 13.9. The second kappa shape index (κ2) is 14.3. The van der Waals surface area contributed by atoms with Gasteiger partial charge in [0.2, 0.25) is 5.75 Å². The molecular weight excluding hydrogens is 530 g/mol. The number of ether oxygens (including phenoxy) is 5. The number of fused-ring (bicyclic) bond motifs is 1. The van der Waals surface area contributed by atoms with Crippen LogP contribution >= 0.6 is 0 Å². The van der Waals surface area contributed by atoms with Crippen molar-refractivity contribution >= 4 is 11.9 Å². The van der Waals surface area contributed by atoms with Crippen molar-refractivity contribution in [2.75, 3.05) is 55.7 Å². The summed E-state index contributed by atoms with van der Waals surface area (Å²) in [6.07, 6.45) is 3.43. The predicted molar refractivity (Wildman–Crippen MR) is 154 cm³/mol. The van der Waals surface area contributed by atoms with Crippen LogP contribution in [0.3, 0.4) is 0 Å². The number of aliphatic carboxylic acids is 2. The lowest BCUT2D eigenvalue weighted by molar-refractivity contribution is -0.941. The minimum atomic E-state index is -0.902. The lowest BCUT2D eigenvalue weighted by Gasteiger charge is -2.46. The fourth-order valence-electron chi connectivity index (χ4n) is 6.00. The zero-order valence-corrected chi connectivity index (χ0v) is 25.0. The summed E-state index contributed by atoms with van der Waals surface area (Å²) in [4.78, 5) is 22.8. The molecular formula is C31H44NO9+. The highest BCUT2D eigenvalue weighted by Crippen LogP contribution is 2.45. The van der Waals surface area contributed by atoms with E-state index in [2.05, 4.69) is 19.2 Å². The molecule has 2 N–H and O–H groups in total. The Balaban J connectivity index is 1.95. The topological polar surface area (TPSA) is 121 Å². The Morgan fingerprint density at radius 3 is 1.98 bits per heavy atom. The molecule has 41 heavy (non-hydrogen) atoms. The molecule has 1 aliphatic rings. The third-order valence-electron chi connectivity index (χ3n) is 8.32. The first-order chi connectivity index (χ1) is 19.6. The SMILES string of the molecule is COc1cc2c(cc1OC)[C@@H](Cc1cc(OC)c(OC)c(OC)c1)[N@@+](C)(CCCC(CCCC(=O)O)C(=O)O)CC2. The van der Waals surface area contributed by atoms with Crippen LogP contribution in [0.1, 0.15) is 54.8 Å². The van der Waals surface area contributed by atoms with Crippen LogP contribution in [0.5, 0.6) is 28.7 Å². The van der Waals surface area contributed by atoms with Gasteiger partial charge in [0.05, 0.1) is 61.6 Å². The molecule has 2 aromatic carbocycles. The van der Waals surface area contributed by atoms with Crippen molar-refractivity contribution in [3.63, 3.8) is 0 Å². The monoisotopic (exact) mass is 574 g/mol. The van der Waals surface area contributed by atoms with Crippen molar-refractivity contribution in [2.45, 2.75) is 51.0 Å². The number of likely N-dealkylation sites (N-methyl/N-ethyl adjacent to an activating group) is 1. The molecule has 0 saturated carbocycles. The van der Waals surface area contributed by atoms with Crippen LogP contribution < -0.4 is 23.7 Å². The van der Waals surface area contributed by atoms with E-state index in [1.54, 1.807) is 35.5 Å². The quantitative estimate of drug-likeness (QED) is 0.274. The summed E-state index contributed by atoms with van der Waals surface area (Å²) in [5.41, 5.74) is 3.39. The van der Waals surface area contributed by atoms with E-state index in [4.69, 9.17) is 28.8 Å². The maximum Gasteiger partial charge on any atom is 0.306 e. The number of carboxylic acids is 2. The number of benzene rings is 2. The van der Waals surface area contributed by atoms with Crippen LogP contribution in [0.4, 0.5) is 0 Å². The van der Waals surface area contributed by atoms with Crippen LogP contribution in [0.2, 0.25) is 0 Å². The summed E-state index contributed by atoms with van der Waals surface area (Å²) >= 11 is 0. The number of hydrogen-bond acceptors (Lipinski definition) is 7. The van der Waals surface area contributed by atoms with E-state index in [0.29, 0.717) is 65.3 Å². The highest BCUT2D eigenvalue weighted by Gasteiger charge is 2.40. The third-order valence-corrected chi connectivity index (χ3v) is 8.32. The van der Waals surface area contributed by atoms with Gasteiger partial charge in [0.25, 0.3) is 0 Å². The summed E-state index contributed by atoms with van der Waals surface area (Å²) in [6, 6.07) is 8.12. The largest absolute Gasteiger partial charge is 0.493 e. The highest BCUT2D eigenvalue weighted by atomic mass is 16.5. The van der Waals surface area contributed by atoms with Gasteiger partial charge in [0.1, 0.15) is 6.04 Å². The molecule has 0 aliphatic carbocycles. The Morgan fingerprint density at radius 2 is 1.44 bits per heavy atom. The van der Waals surface area contributed by atoms with E-state index >= 15 is 0 Å². The molecule has 3 atom stereocenters. The number of rotatable bonds is 16. The van der Waals surface area contributed by atoms with Gasteiger partial charge >= 0.3 is 11.9 Å². The number of carboxylic acid groups (broad SMARTS) is 2. The molecule has 0 fully saturated rings. The van der Waals surface area contributed by atoms with Crippen molar-refractivity contribution < 1.29 is 48.0 Å². The van der Waals surface area contributed by atoms with E-state index in [1.807, 2.05) is 12.1 Å². The van der Waals surface area contributed by atoms with Crippen LogP contribution in [0, 0.1) is 5.92 Å². The molecule has 0 radical (unpaired) electrons. The molecule has 0 amide bonds. The predicted octanol–water partition coefficient (Wildman–Crippen LogP) is 4.75. The van der Waals surface area contributed by atoms with E-state index in [1.165, 1.54) is 11.1 Å². The van der Waals surface area contributed by atoms with Gasteiger partial charge in [0, 0.05) is 24.8 Å². The molecule has 1 heterocycles. The molecule has 1 unspecified atom stereocenters. The highest BCUT2D eigenvalue weighted by molar-refractivity contribution is 5.70. The van der Waals surface area contributed by atoms with E-state index in [-0.39, 0.29) is 12.5 Å². The number of hydrogen-bond donors (Lipinski definition) is 2. The fourth-order valence-corrected chi connectivity index (χ4v) is 6.00. The molecule has 2 aromatic rings. The summed E-state index contributed by atoms with van der Waals surface area (Å²) < 4.78 is 28.7. The Morgan fingerprint density at radius 1 is 0.854 bits per heavy atom. The molecule has 3 rings (SSSR count). The first kappa shape index (κ1) is 31.9. The summed E-state index contributed by atoms with van der Waals surface area (Å²) in [5.74, 6) is 0.743. The Kier molecular flexibility index (Phi) is 11.1. The minimum absolute atomic E-state index is 0.0174. The van der Waals surface area contributed by atoms with Crippen LogP contribution in [-0.4, -0.2) is 82.3 Å². The number of nitrogens with zero attached hydrogens (tertiary/aromatic N) is 1. The normalized spacial score (nSPS) is 18.6. The summed E-state index contributed by atoms with van der Waals surface area (Å²) in [7, 11) is 10.3. The smallest absolute Gasteiger partial charge is 0.306 e.